The Morgan fingerprint density at radius 2 is 1.67 bits per heavy atom. The van der Waals surface area contributed by atoms with Gasteiger partial charge in [-0.15, -0.1) is 0 Å². The Morgan fingerprint density at radius 1 is 0.965 bits per heavy atom. The first-order chi connectivity index (χ1) is 26.9. The van der Waals surface area contributed by atoms with Crippen LogP contribution in [0.4, 0.5) is 0 Å². The second-order valence-corrected chi connectivity index (χ2v) is 18.1. The van der Waals surface area contributed by atoms with Crippen molar-refractivity contribution in [2.24, 2.45) is 47.2 Å². The van der Waals surface area contributed by atoms with Crippen molar-refractivity contribution >= 4 is 23.4 Å². The van der Waals surface area contributed by atoms with Crippen LogP contribution in [0.15, 0.2) is 35.5 Å². The van der Waals surface area contributed by atoms with Crippen LogP contribution in [0.2, 0.25) is 0 Å². The van der Waals surface area contributed by atoms with E-state index in [-0.39, 0.29) is 54.9 Å². The summed E-state index contributed by atoms with van der Waals surface area (Å²) in [4.78, 5) is 57.9. The lowest BCUT2D eigenvalue weighted by Gasteiger charge is -2.46. The number of nitrogens with zero attached hydrogens (tertiary/aromatic N) is 1. The van der Waals surface area contributed by atoms with Gasteiger partial charge >= 0.3 is 5.97 Å². The van der Waals surface area contributed by atoms with Crippen LogP contribution >= 0.6 is 0 Å². The third-order valence-electron chi connectivity index (χ3n) is 13.2. The highest BCUT2D eigenvalue weighted by Gasteiger charge is 2.55. The van der Waals surface area contributed by atoms with Crippen LogP contribution in [-0.2, 0) is 33.4 Å². The average molecular weight is 801 g/mol. The van der Waals surface area contributed by atoms with E-state index in [1.807, 2.05) is 52.0 Å². The van der Waals surface area contributed by atoms with Crippen LogP contribution in [0.5, 0.6) is 0 Å². The molecule has 3 heterocycles. The van der Waals surface area contributed by atoms with E-state index >= 15 is 0 Å². The number of methoxy groups -OCH3 is 1. The Morgan fingerprint density at radius 3 is 2.35 bits per heavy atom. The molecule has 0 radical (unpaired) electrons. The molecule has 1 saturated carbocycles. The first-order valence-corrected chi connectivity index (χ1v) is 21.5. The zero-order chi connectivity index (χ0) is 42.2. The van der Waals surface area contributed by atoms with Crippen molar-refractivity contribution in [2.75, 3.05) is 20.2 Å². The van der Waals surface area contributed by atoms with E-state index in [4.69, 9.17) is 19.9 Å². The van der Waals surface area contributed by atoms with E-state index in [2.05, 4.69) is 6.92 Å². The van der Waals surface area contributed by atoms with Gasteiger partial charge in [-0.1, -0.05) is 64.5 Å². The summed E-state index contributed by atoms with van der Waals surface area (Å²) in [5.41, 5.74) is 7.43. The van der Waals surface area contributed by atoms with Gasteiger partial charge in [-0.3, -0.25) is 14.4 Å². The van der Waals surface area contributed by atoms with E-state index in [0.717, 1.165) is 12.0 Å². The van der Waals surface area contributed by atoms with Gasteiger partial charge in [0.25, 0.3) is 11.7 Å². The van der Waals surface area contributed by atoms with Crippen molar-refractivity contribution in [1.82, 2.24) is 4.90 Å². The topological polar surface area (TPSA) is 186 Å². The maximum Gasteiger partial charge on any atom is 0.329 e. The van der Waals surface area contributed by atoms with Crippen LogP contribution in [0.1, 0.15) is 119 Å². The van der Waals surface area contributed by atoms with E-state index in [1.165, 1.54) is 4.90 Å². The molecule has 3 aliphatic heterocycles. The molecule has 1 amide bonds. The zero-order valence-electron chi connectivity index (χ0n) is 35.7. The van der Waals surface area contributed by atoms with Crippen molar-refractivity contribution in [1.29, 1.82) is 0 Å². The van der Waals surface area contributed by atoms with Gasteiger partial charge in [-0.25, -0.2) is 4.79 Å². The number of carbonyl (C=O) groups excluding carboxylic acids is 4. The summed E-state index contributed by atoms with van der Waals surface area (Å²) < 4.78 is 18.2. The number of Topliss-reactive ketones (excluding diaryl/α,β-unsaturated/α-hetero) is 2. The quantitative estimate of drug-likeness (QED) is 0.157. The number of aliphatic hydroxyl groups excluding tert-OH is 2. The van der Waals surface area contributed by atoms with Gasteiger partial charge in [0.15, 0.2) is 0 Å². The number of fused-ring (bicyclic) bond motifs is 3. The van der Waals surface area contributed by atoms with Crippen LogP contribution in [0.3, 0.4) is 0 Å². The number of ether oxygens (including phenoxy) is 3. The van der Waals surface area contributed by atoms with Gasteiger partial charge in [-0.05, 0) is 107 Å². The van der Waals surface area contributed by atoms with E-state index in [1.54, 1.807) is 21.0 Å². The lowest BCUT2D eigenvalue weighted by Crippen LogP contribution is -2.62. The predicted octanol–water partition coefficient (Wildman–Crippen LogP) is 5.21. The SMILES string of the molecule is CO[C@@H]1C[C@H](/C=C(\C)[C@H]2OC(=O)[C@@H]3CCCCN3C(=O)C(=O)[C@]3(O)O[C@H]([C@@H](C)C[C@@H](C)C/C(C)=C/[C@@H](CC=CCN)C(=O)C[C@H](O)[C@H]2C)[C@@H](C)C[C@H]3C)CC[C@H]1O. The maximum atomic E-state index is 14.3. The zero-order valence-corrected chi connectivity index (χ0v) is 35.7. The molecule has 4 rings (SSSR count). The fraction of sp³-hybridized carbons (Fsp3) is 0.778. The summed E-state index contributed by atoms with van der Waals surface area (Å²) in [6, 6.07) is -1.10. The van der Waals surface area contributed by atoms with Gasteiger partial charge in [0, 0.05) is 44.4 Å². The minimum Gasteiger partial charge on any atom is -0.456 e. The monoisotopic (exact) mass is 801 g/mol. The van der Waals surface area contributed by atoms with Crippen molar-refractivity contribution in [2.45, 2.75) is 161 Å². The molecule has 0 aromatic rings. The summed E-state index contributed by atoms with van der Waals surface area (Å²) in [5.74, 6) is -7.04. The number of nitrogens with two attached hydrogens (primary N) is 1. The molecule has 57 heavy (non-hydrogen) atoms. The number of amides is 1. The van der Waals surface area contributed by atoms with Crippen molar-refractivity contribution < 1.29 is 48.7 Å². The number of piperidine rings is 1. The highest BCUT2D eigenvalue weighted by Crippen LogP contribution is 2.42. The fourth-order valence-electron chi connectivity index (χ4n) is 9.97. The molecule has 1 aliphatic carbocycles. The number of hydrogen-bond donors (Lipinski definition) is 4. The predicted molar refractivity (Wildman–Crippen MR) is 217 cm³/mol. The summed E-state index contributed by atoms with van der Waals surface area (Å²) in [6.07, 6.45) is 9.49. The minimum absolute atomic E-state index is 0.000234. The fourth-order valence-corrected chi connectivity index (χ4v) is 9.97. The standard InChI is InChI=1S/C45H72N2O10/c1-26-19-27(2)21-34(13-9-11-17-46)38(50)25-37(49)32(7)41(30(5)23-33-15-16-36(48)39(24-33)55-8)56-44(53)35-14-10-12-18-47(35)43(52)42(51)45(54)31(6)22-29(4)40(57-45)28(3)20-26/h9,11,21,23,26,28-29,31-37,39-41,48-49,54H,10,12-20,22,24-25,46H2,1-8H3/b11-9?,27-21+,30-23+/t26-,28-,29-,31+,32+,33-,34+,35-,36+,37-,39+,40+,41+,45+/m0/s1. The van der Waals surface area contributed by atoms with E-state index in [9.17, 15) is 34.5 Å². The van der Waals surface area contributed by atoms with Crippen LogP contribution in [0, 0.1) is 41.4 Å². The normalized spacial score (nSPS) is 41.2. The van der Waals surface area contributed by atoms with Gasteiger partial charge in [0.05, 0.1) is 24.4 Å². The molecule has 0 aromatic heterocycles. The first-order valence-electron chi connectivity index (χ1n) is 21.5. The highest BCUT2D eigenvalue weighted by molar-refractivity contribution is 6.39. The van der Waals surface area contributed by atoms with Gasteiger partial charge in [0.2, 0.25) is 5.79 Å². The Bertz CT molecular complexity index is 1490. The minimum atomic E-state index is -2.36. The molecule has 5 N–H and O–H groups in total. The summed E-state index contributed by atoms with van der Waals surface area (Å²) >= 11 is 0. The molecule has 322 valence electrons. The largest absolute Gasteiger partial charge is 0.456 e. The first kappa shape index (κ1) is 46.9. The molecule has 2 saturated heterocycles. The van der Waals surface area contributed by atoms with E-state index in [0.29, 0.717) is 63.5 Å². The molecule has 4 aliphatic rings. The maximum absolute atomic E-state index is 14.3. The lowest BCUT2D eigenvalue weighted by molar-refractivity contribution is -0.282. The summed E-state index contributed by atoms with van der Waals surface area (Å²) in [6.45, 7) is 14.0. The van der Waals surface area contributed by atoms with Crippen molar-refractivity contribution in [3.63, 3.8) is 0 Å². The van der Waals surface area contributed by atoms with Crippen molar-refractivity contribution in [3.8, 4) is 0 Å². The van der Waals surface area contributed by atoms with Crippen LogP contribution in [0.25, 0.3) is 0 Å². The molecule has 14 atom stereocenters. The molecule has 3 fully saturated rings. The van der Waals surface area contributed by atoms with E-state index < -0.39 is 71.7 Å². The lowest BCUT2D eigenvalue weighted by atomic mass is 9.76. The number of hydrogen-bond acceptors (Lipinski definition) is 11. The Hall–Kier alpha value is -2.74. The van der Waals surface area contributed by atoms with Crippen LogP contribution < -0.4 is 5.73 Å². The molecule has 12 heteroatoms. The van der Waals surface area contributed by atoms with Gasteiger partial charge in [-0.2, -0.15) is 0 Å². The molecule has 0 unspecified atom stereocenters. The Kier molecular flexibility index (Phi) is 17.3. The van der Waals surface area contributed by atoms with Gasteiger partial charge in [0.1, 0.15) is 17.9 Å². The Labute approximate surface area is 340 Å². The highest BCUT2D eigenvalue weighted by atomic mass is 16.6. The molecule has 2 bridgehead atoms. The summed E-state index contributed by atoms with van der Waals surface area (Å²) in [7, 11) is 1.57. The third-order valence-corrected chi connectivity index (χ3v) is 13.2. The number of rotatable bonds is 6. The molecular formula is C45H72N2O10. The number of esters is 1. The molecular weight excluding hydrogens is 728 g/mol. The number of ketones is 2. The van der Waals surface area contributed by atoms with Gasteiger partial charge < -0.3 is 40.2 Å². The second kappa shape index (κ2) is 21.0. The van der Waals surface area contributed by atoms with Crippen molar-refractivity contribution in [3.05, 3.63) is 35.5 Å². The molecule has 0 aromatic carbocycles. The molecule has 12 nitrogen and oxygen atoms in total. The summed E-state index contributed by atoms with van der Waals surface area (Å²) in [5, 5.41) is 34.2. The number of allylic oxidation sites excluding steroid dienone is 4. The third kappa shape index (κ3) is 11.7. The number of aliphatic hydroxyl groups is 3. The second-order valence-electron chi connectivity index (χ2n) is 18.1. The average Bonchev–Trinajstić information content (AvgIpc) is 3.17. The molecule has 0 spiro atoms. The van der Waals surface area contributed by atoms with Crippen LogP contribution in [-0.4, -0.2) is 106 Å². The number of cyclic esters (lactones) is 1. The number of carbonyl (C=O) groups is 4. The Balaban J connectivity index is 1.77. The smallest absolute Gasteiger partial charge is 0.329 e.